The first-order valence-electron chi connectivity index (χ1n) is 6.68. The quantitative estimate of drug-likeness (QED) is 0.760. The summed E-state index contributed by atoms with van der Waals surface area (Å²) in [6.45, 7) is 5.79. The number of carbonyl (C=O) groups excluding carboxylic acids is 1. The molecule has 1 amide bonds. The Balaban J connectivity index is 2.61. The van der Waals surface area contributed by atoms with Gasteiger partial charge in [-0.15, -0.1) is 11.3 Å². The van der Waals surface area contributed by atoms with E-state index in [4.69, 9.17) is 0 Å². The van der Waals surface area contributed by atoms with Gasteiger partial charge in [-0.25, -0.2) is 0 Å². The van der Waals surface area contributed by atoms with Crippen LogP contribution in [0.4, 0.5) is 0 Å². The summed E-state index contributed by atoms with van der Waals surface area (Å²) in [6.07, 6.45) is 4.20. The second kappa shape index (κ2) is 7.24. The Morgan fingerprint density at radius 2 is 2.05 bits per heavy atom. The summed E-state index contributed by atoms with van der Waals surface area (Å²) in [7, 11) is 0. The minimum Gasteiger partial charge on any atom is -0.481 e. The van der Waals surface area contributed by atoms with Crippen molar-refractivity contribution in [2.24, 2.45) is 5.41 Å². The average Bonchev–Trinajstić information content (AvgIpc) is 2.83. The number of hydrogen-bond acceptors (Lipinski definition) is 3. The number of nitrogens with one attached hydrogen (secondary N) is 1. The van der Waals surface area contributed by atoms with Crippen molar-refractivity contribution < 1.29 is 14.7 Å². The second-order valence-electron chi connectivity index (χ2n) is 4.81. The van der Waals surface area contributed by atoms with Gasteiger partial charge in [0.15, 0.2) is 0 Å². The fraction of sp³-hybridized carbons (Fsp3) is 0.467. The van der Waals surface area contributed by atoms with E-state index in [1.54, 1.807) is 17.4 Å². The van der Waals surface area contributed by atoms with Crippen LogP contribution >= 0.6 is 11.3 Å². The molecule has 0 radical (unpaired) electrons. The fourth-order valence-corrected chi connectivity index (χ4v) is 2.72. The van der Waals surface area contributed by atoms with E-state index >= 15 is 0 Å². The van der Waals surface area contributed by atoms with E-state index in [0.29, 0.717) is 12.8 Å². The van der Waals surface area contributed by atoms with Gasteiger partial charge in [0.2, 0.25) is 5.91 Å². The third-order valence-electron chi connectivity index (χ3n) is 3.70. The molecule has 2 N–H and O–H groups in total. The van der Waals surface area contributed by atoms with Gasteiger partial charge in [0.05, 0.1) is 5.41 Å². The van der Waals surface area contributed by atoms with Crippen LogP contribution in [0, 0.1) is 12.3 Å². The predicted octanol–water partition coefficient (Wildman–Crippen LogP) is 3.08. The van der Waals surface area contributed by atoms with Gasteiger partial charge in [-0.2, -0.15) is 0 Å². The lowest BCUT2D eigenvalue weighted by atomic mass is 9.82. The first-order valence-corrected chi connectivity index (χ1v) is 7.56. The highest BCUT2D eigenvalue weighted by Crippen LogP contribution is 2.25. The highest BCUT2D eigenvalue weighted by molar-refractivity contribution is 7.11. The van der Waals surface area contributed by atoms with Crippen molar-refractivity contribution in [1.29, 1.82) is 0 Å². The van der Waals surface area contributed by atoms with E-state index < -0.39 is 11.4 Å². The van der Waals surface area contributed by atoms with Crippen molar-refractivity contribution >= 4 is 29.3 Å². The van der Waals surface area contributed by atoms with Crippen molar-refractivity contribution in [2.45, 2.75) is 33.6 Å². The van der Waals surface area contributed by atoms with Crippen LogP contribution < -0.4 is 5.32 Å². The maximum absolute atomic E-state index is 11.8. The zero-order valence-electron chi connectivity index (χ0n) is 12.1. The predicted molar refractivity (Wildman–Crippen MR) is 81.8 cm³/mol. The SMILES string of the molecule is CCC(CC)(CNC(=O)/C=C/c1sccc1C)C(=O)O. The van der Waals surface area contributed by atoms with Crippen molar-refractivity contribution in [3.8, 4) is 0 Å². The number of amides is 1. The van der Waals surface area contributed by atoms with Crippen LogP contribution in [0.3, 0.4) is 0 Å². The number of carboxylic acid groups (broad SMARTS) is 1. The number of aliphatic carboxylic acids is 1. The summed E-state index contributed by atoms with van der Waals surface area (Å²) in [4.78, 5) is 24.1. The molecule has 0 fully saturated rings. The van der Waals surface area contributed by atoms with Gasteiger partial charge in [-0.3, -0.25) is 9.59 Å². The molecule has 0 aliphatic carbocycles. The molecule has 0 unspecified atom stereocenters. The Bertz CT molecular complexity index is 501. The molecule has 5 heteroatoms. The van der Waals surface area contributed by atoms with E-state index in [0.717, 1.165) is 10.4 Å². The Morgan fingerprint density at radius 3 is 2.50 bits per heavy atom. The minimum atomic E-state index is -0.873. The van der Waals surface area contributed by atoms with Gasteiger partial charge in [-0.05, 0) is 42.9 Å². The van der Waals surface area contributed by atoms with Crippen molar-refractivity contribution in [3.63, 3.8) is 0 Å². The average molecular weight is 295 g/mol. The van der Waals surface area contributed by atoms with E-state index in [1.165, 1.54) is 6.08 Å². The van der Waals surface area contributed by atoms with Gasteiger partial charge < -0.3 is 10.4 Å². The molecule has 0 aliphatic rings. The van der Waals surface area contributed by atoms with Gasteiger partial charge >= 0.3 is 5.97 Å². The van der Waals surface area contributed by atoms with E-state index in [1.807, 2.05) is 32.2 Å². The Labute approximate surface area is 123 Å². The van der Waals surface area contributed by atoms with E-state index in [9.17, 15) is 14.7 Å². The molecule has 0 atom stereocenters. The topological polar surface area (TPSA) is 66.4 Å². The molecule has 1 heterocycles. The summed E-state index contributed by atoms with van der Waals surface area (Å²) in [6, 6.07) is 1.99. The molecule has 0 bridgehead atoms. The van der Waals surface area contributed by atoms with Gasteiger partial charge in [0, 0.05) is 17.5 Å². The number of carbonyl (C=O) groups is 2. The van der Waals surface area contributed by atoms with E-state index in [2.05, 4.69) is 5.32 Å². The fourth-order valence-electron chi connectivity index (χ4n) is 1.90. The Kier molecular flexibility index (Phi) is 5.95. The molecule has 0 saturated heterocycles. The zero-order valence-corrected chi connectivity index (χ0v) is 12.9. The molecule has 20 heavy (non-hydrogen) atoms. The molecular formula is C15H21NO3S. The number of carboxylic acids is 1. The molecule has 110 valence electrons. The van der Waals surface area contributed by atoms with Crippen LogP contribution in [0.2, 0.25) is 0 Å². The maximum atomic E-state index is 11.8. The molecule has 0 saturated carbocycles. The summed E-state index contributed by atoms with van der Waals surface area (Å²) in [5.74, 6) is -1.12. The lowest BCUT2D eigenvalue weighted by Gasteiger charge is -2.26. The van der Waals surface area contributed by atoms with E-state index in [-0.39, 0.29) is 12.5 Å². The third-order valence-corrected chi connectivity index (χ3v) is 4.68. The van der Waals surface area contributed by atoms with Crippen molar-refractivity contribution in [3.05, 3.63) is 28.0 Å². The number of hydrogen-bond donors (Lipinski definition) is 2. The molecule has 4 nitrogen and oxygen atoms in total. The number of thiophene rings is 1. The van der Waals surface area contributed by atoms with Gasteiger partial charge in [-0.1, -0.05) is 13.8 Å². The highest BCUT2D eigenvalue weighted by Gasteiger charge is 2.34. The molecule has 0 aliphatic heterocycles. The van der Waals surface area contributed by atoms with Crippen molar-refractivity contribution in [2.75, 3.05) is 6.54 Å². The molecular weight excluding hydrogens is 274 g/mol. The molecule has 0 aromatic carbocycles. The van der Waals surface area contributed by atoms with Crippen molar-refractivity contribution in [1.82, 2.24) is 5.32 Å². The van der Waals surface area contributed by atoms with Crippen LogP contribution in [-0.2, 0) is 9.59 Å². The zero-order chi connectivity index (χ0) is 15.2. The number of rotatable bonds is 7. The Hall–Kier alpha value is -1.62. The number of aryl methyl sites for hydroxylation is 1. The lowest BCUT2D eigenvalue weighted by molar-refractivity contribution is -0.149. The summed E-state index contributed by atoms with van der Waals surface area (Å²) >= 11 is 1.57. The highest BCUT2D eigenvalue weighted by atomic mass is 32.1. The van der Waals surface area contributed by atoms with Crippen LogP contribution in [0.15, 0.2) is 17.5 Å². The maximum Gasteiger partial charge on any atom is 0.311 e. The lowest BCUT2D eigenvalue weighted by Crippen LogP contribution is -2.41. The molecule has 1 rings (SSSR count). The smallest absolute Gasteiger partial charge is 0.311 e. The van der Waals surface area contributed by atoms with Crippen LogP contribution in [0.5, 0.6) is 0 Å². The summed E-state index contributed by atoms with van der Waals surface area (Å²) < 4.78 is 0. The second-order valence-corrected chi connectivity index (χ2v) is 5.76. The normalized spacial score (nSPS) is 11.8. The van der Waals surface area contributed by atoms with Crippen LogP contribution in [0.1, 0.15) is 37.1 Å². The molecule has 0 spiro atoms. The minimum absolute atomic E-state index is 0.155. The first-order chi connectivity index (χ1) is 9.45. The van der Waals surface area contributed by atoms with Crippen LogP contribution in [-0.4, -0.2) is 23.5 Å². The first kappa shape index (κ1) is 16.4. The summed E-state index contributed by atoms with van der Waals surface area (Å²) in [5, 5.41) is 13.9. The van der Waals surface area contributed by atoms with Gasteiger partial charge in [0.25, 0.3) is 0 Å². The third kappa shape index (κ3) is 3.93. The Morgan fingerprint density at radius 1 is 1.40 bits per heavy atom. The largest absolute Gasteiger partial charge is 0.481 e. The summed E-state index contributed by atoms with van der Waals surface area (Å²) in [5.41, 5.74) is 0.253. The van der Waals surface area contributed by atoms with Crippen LogP contribution in [0.25, 0.3) is 6.08 Å². The van der Waals surface area contributed by atoms with Gasteiger partial charge in [0.1, 0.15) is 0 Å². The monoisotopic (exact) mass is 295 g/mol. The molecule has 1 aromatic rings. The standard InChI is InChI=1S/C15H21NO3S/c1-4-15(5-2,14(18)19)10-16-13(17)7-6-12-11(3)8-9-20-12/h6-9H,4-5,10H2,1-3H3,(H,16,17)(H,18,19)/b7-6+. The molecule has 1 aromatic heterocycles.